The molecule has 1 aromatic carbocycles. The second kappa shape index (κ2) is 8.44. The standard InChI is InChI=1S/C25H30N4O2/c1-4-28-9-7-19(8-10-28)20-5-6-21-11-22(15-30-16-31-24(21)12-20)23-14-29-13-17(2)26-18(3)25(29)27-23/h5-6,11-14,19H,4,7-10,15-16H2,1-3H3/b22-11+. The number of hydrogen-bond acceptors (Lipinski definition) is 5. The quantitative estimate of drug-likeness (QED) is 0.629. The summed E-state index contributed by atoms with van der Waals surface area (Å²) in [5.41, 5.74) is 7.21. The van der Waals surface area contributed by atoms with Crippen molar-refractivity contribution in [3.8, 4) is 5.75 Å². The van der Waals surface area contributed by atoms with Crippen LogP contribution in [0.15, 0.2) is 30.6 Å². The summed E-state index contributed by atoms with van der Waals surface area (Å²) < 4.78 is 13.8. The molecule has 4 heterocycles. The molecule has 0 amide bonds. The number of fused-ring (bicyclic) bond motifs is 2. The number of aryl methyl sites for hydroxylation is 2. The first kappa shape index (κ1) is 20.2. The lowest BCUT2D eigenvalue weighted by Gasteiger charge is -2.31. The Balaban J connectivity index is 1.46. The molecule has 2 aliphatic heterocycles. The minimum absolute atomic E-state index is 0.245. The van der Waals surface area contributed by atoms with E-state index in [2.05, 4.69) is 51.7 Å². The molecule has 162 valence electrons. The Morgan fingerprint density at radius 1 is 1.10 bits per heavy atom. The van der Waals surface area contributed by atoms with Gasteiger partial charge in [-0.05, 0) is 69.9 Å². The highest BCUT2D eigenvalue weighted by Gasteiger charge is 2.21. The summed E-state index contributed by atoms with van der Waals surface area (Å²) in [6, 6.07) is 6.67. The zero-order chi connectivity index (χ0) is 21.4. The highest BCUT2D eigenvalue weighted by molar-refractivity contribution is 5.83. The molecule has 0 bridgehead atoms. The summed E-state index contributed by atoms with van der Waals surface area (Å²) in [6.45, 7) is 10.4. The monoisotopic (exact) mass is 418 g/mol. The Morgan fingerprint density at radius 3 is 2.74 bits per heavy atom. The maximum Gasteiger partial charge on any atom is 0.189 e. The molecule has 0 spiro atoms. The van der Waals surface area contributed by atoms with Crippen LogP contribution >= 0.6 is 0 Å². The average molecular weight is 419 g/mol. The van der Waals surface area contributed by atoms with E-state index in [1.807, 2.05) is 20.0 Å². The van der Waals surface area contributed by atoms with Gasteiger partial charge in [-0.1, -0.05) is 19.1 Å². The first-order valence-electron chi connectivity index (χ1n) is 11.2. The third-order valence-corrected chi connectivity index (χ3v) is 6.48. The summed E-state index contributed by atoms with van der Waals surface area (Å²) >= 11 is 0. The molecule has 0 atom stereocenters. The summed E-state index contributed by atoms with van der Waals surface area (Å²) in [6.07, 6.45) is 8.63. The molecule has 5 rings (SSSR count). The summed E-state index contributed by atoms with van der Waals surface area (Å²) in [5, 5.41) is 0. The average Bonchev–Trinajstić information content (AvgIpc) is 3.18. The zero-order valence-corrected chi connectivity index (χ0v) is 18.6. The van der Waals surface area contributed by atoms with E-state index in [9.17, 15) is 0 Å². The van der Waals surface area contributed by atoms with Crippen LogP contribution in [0.4, 0.5) is 0 Å². The fraction of sp³-hybridized carbons (Fsp3) is 0.440. The number of benzene rings is 1. The molecule has 1 fully saturated rings. The van der Waals surface area contributed by atoms with E-state index in [0.29, 0.717) is 12.5 Å². The number of likely N-dealkylation sites (tertiary alicyclic amines) is 1. The minimum atomic E-state index is 0.245. The van der Waals surface area contributed by atoms with E-state index >= 15 is 0 Å². The molecule has 6 heteroatoms. The Morgan fingerprint density at radius 2 is 1.94 bits per heavy atom. The van der Waals surface area contributed by atoms with E-state index < -0.39 is 0 Å². The second-order valence-electron chi connectivity index (χ2n) is 8.61. The summed E-state index contributed by atoms with van der Waals surface area (Å²) in [5.74, 6) is 1.49. The first-order chi connectivity index (χ1) is 15.1. The van der Waals surface area contributed by atoms with Crippen LogP contribution in [0, 0.1) is 13.8 Å². The van der Waals surface area contributed by atoms with Crippen LogP contribution in [0.25, 0.3) is 17.3 Å². The van der Waals surface area contributed by atoms with Gasteiger partial charge in [0.1, 0.15) is 5.75 Å². The Hall–Kier alpha value is -2.70. The van der Waals surface area contributed by atoms with Gasteiger partial charge in [-0.3, -0.25) is 4.98 Å². The SMILES string of the molecule is CCN1CCC(c2ccc3c(c2)OCOC/C(c2cn4cc(C)nc(C)c4n2)=C\3)CC1. The van der Waals surface area contributed by atoms with E-state index in [0.717, 1.165) is 46.2 Å². The van der Waals surface area contributed by atoms with E-state index in [-0.39, 0.29) is 6.79 Å². The van der Waals surface area contributed by atoms with Crippen molar-refractivity contribution >= 4 is 17.3 Å². The van der Waals surface area contributed by atoms with Crippen molar-refractivity contribution in [2.24, 2.45) is 0 Å². The molecular weight excluding hydrogens is 388 g/mol. The molecule has 3 aromatic rings. The van der Waals surface area contributed by atoms with Gasteiger partial charge in [0.15, 0.2) is 12.4 Å². The fourth-order valence-corrected chi connectivity index (χ4v) is 4.72. The number of nitrogens with zero attached hydrogens (tertiary/aromatic N) is 4. The van der Waals surface area contributed by atoms with Gasteiger partial charge in [-0.15, -0.1) is 0 Å². The molecular formula is C25H30N4O2. The highest BCUT2D eigenvalue weighted by Crippen LogP contribution is 2.34. The third kappa shape index (κ3) is 4.10. The third-order valence-electron chi connectivity index (χ3n) is 6.48. The predicted octanol–water partition coefficient (Wildman–Crippen LogP) is 4.45. The van der Waals surface area contributed by atoms with Gasteiger partial charge in [0.05, 0.1) is 23.7 Å². The number of ether oxygens (including phenoxy) is 2. The first-order valence-corrected chi connectivity index (χ1v) is 11.2. The molecule has 31 heavy (non-hydrogen) atoms. The van der Waals surface area contributed by atoms with Crippen molar-refractivity contribution < 1.29 is 9.47 Å². The molecule has 0 saturated carbocycles. The Bertz CT molecular complexity index is 1130. The number of rotatable bonds is 3. The van der Waals surface area contributed by atoms with Crippen LogP contribution in [0.5, 0.6) is 5.75 Å². The molecule has 2 aromatic heterocycles. The second-order valence-corrected chi connectivity index (χ2v) is 8.61. The fourth-order valence-electron chi connectivity index (χ4n) is 4.72. The zero-order valence-electron chi connectivity index (χ0n) is 18.6. The number of hydrogen-bond donors (Lipinski definition) is 0. The maximum atomic E-state index is 5.97. The van der Waals surface area contributed by atoms with E-state index in [4.69, 9.17) is 14.5 Å². The summed E-state index contributed by atoms with van der Waals surface area (Å²) in [4.78, 5) is 11.9. The maximum absolute atomic E-state index is 5.97. The van der Waals surface area contributed by atoms with Gasteiger partial charge in [-0.2, -0.15) is 0 Å². The van der Waals surface area contributed by atoms with E-state index in [1.165, 1.54) is 31.5 Å². The predicted molar refractivity (Wildman–Crippen MR) is 122 cm³/mol. The number of piperidine rings is 1. The summed E-state index contributed by atoms with van der Waals surface area (Å²) in [7, 11) is 0. The van der Waals surface area contributed by atoms with Crippen molar-refractivity contribution in [1.82, 2.24) is 19.3 Å². The Labute approximate surface area is 183 Å². The van der Waals surface area contributed by atoms with Crippen molar-refractivity contribution in [2.45, 2.75) is 39.5 Å². The smallest absolute Gasteiger partial charge is 0.189 e. The van der Waals surface area contributed by atoms with Gasteiger partial charge < -0.3 is 18.8 Å². The van der Waals surface area contributed by atoms with Crippen molar-refractivity contribution in [1.29, 1.82) is 0 Å². The van der Waals surface area contributed by atoms with Crippen LogP contribution in [-0.4, -0.2) is 52.3 Å². The van der Waals surface area contributed by atoms with Crippen molar-refractivity contribution in [2.75, 3.05) is 33.0 Å². The van der Waals surface area contributed by atoms with Crippen LogP contribution in [-0.2, 0) is 4.74 Å². The lowest BCUT2D eigenvalue weighted by atomic mass is 9.88. The molecule has 0 aliphatic carbocycles. The van der Waals surface area contributed by atoms with Crippen LogP contribution < -0.4 is 4.74 Å². The number of aromatic nitrogens is 3. The molecule has 2 aliphatic rings. The molecule has 0 N–H and O–H groups in total. The van der Waals surface area contributed by atoms with Gasteiger partial charge in [0.25, 0.3) is 0 Å². The van der Waals surface area contributed by atoms with Gasteiger partial charge in [0.2, 0.25) is 0 Å². The number of imidazole rings is 1. The largest absolute Gasteiger partial charge is 0.467 e. The van der Waals surface area contributed by atoms with Crippen molar-refractivity contribution in [3.05, 3.63) is 58.8 Å². The lowest BCUT2D eigenvalue weighted by molar-refractivity contribution is 0.0323. The lowest BCUT2D eigenvalue weighted by Crippen LogP contribution is -2.32. The van der Waals surface area contributed by atoms with Crippen LogP contribution in [0.1, 0.15) is 53.9 Å². The van der Waals surface area contributed by atoms with Crippen molar-refractivity contribution in [3.63, 3.8) is 0 Å². The normalized spacial score (nSPS) is 19.9. The van der Waals surface area contributed by atoms with Gasteiger partial charge in [-0.25, -0.2) is 4.98 Å². The topological polar surface area (TPSA) is 51.9 Å². The molecule has 0 unspecified atom stereocenters. The van der Waals surface area contributed by atoms with Crippen LogP contribution in [0.2, 0.25) is 0 Å². The van der Waals surface area contributed by atoms with Gasteiger partial charge in [0, 0.05) is 23.5 Å². The molecule has 6 nitrogen and oxygen atoms in total. The highest BCUT2D eigenvalue weighted by atomic mass is 16.7. The minimum Gasteiger partial charge on any atom is -0.467 e. The van der Waals surface area contributed by atoms with E-state index in [1.54, 1.807) is 0 Å². The van der Waals surface area contributed by atoms with Gasteiger partial charge >= 0.3 is 0 Å². The molecule has 0 radical (unpaired) electrons. The Kier molecular flexibility index (Phi) is 5.50. The van der Waals surface area contributed by atoms with Crippen LogP contribution in [0.3, 0.4) is 0 Å². The molecule has 1 saturated heterocycles.